The molecule has 1 saturated heterocycles. The average molecular weight is 170 g/mol. The Kier molecular flexibility index (Phi) is 3.53. The fraction of sp³-hybridized carbons (Fsp3) is 0.889. The second-order valence-electron chi connectivity index (χ2n) is 3.53. The van der Waals surface area contributed by atoms with Gasteiger partial charge < -0.3 is 10.6 Å². The van der Waals surface area contributed by atoms with Crippen LogP contribution in [-0.2, 0) is 4.79 Å². The zero-order chi connectivity index (χ0) is 8.97. The number of piperidine rings is 1. The number of hydrogen-bond acceptors (Lipinski definition) is 2. The molecule has 2 unspecified atom stereocenters. The Hall–Kier alpha value is -0.570. The quantitative estimate of drug-likeness (QED) is 0.634. The third-order valence-electron chi connectivity index (χ3n) is 2.33. The predicted octanol–water partition coefficient (Wildman–Crippen LogP) is 0.511. The summed E-state index contributed by atoms with van der Waals surface area (Å²) in [5.74, 6) is 0.836. The maximum Gasteiger partial charge on any atom is 0.237 e. The van der Waals surface area contributed by atoms with Gasteiger partial charge in [0.05, 0.1) is 6.04 Å². The smallest absolute Gasteiger partial charge is 0.237 e. The van der Waals surface area contributed by atoms with Crippen LogP contribution in [0.4, 0.5) is 0 Å². The lowest BCUT2D eigenvalue weighted by molar-refractivity contribution is -0.123. The third-order valence-corrected chi connectivity index (χ3v) is 2.33. The van der Waals surface area contributed by atoms with Gasteiger partial charge in [0.15, 0.2) is 0 Å². The van der Waals surface area contributed by atoms with Crippen LogP contribution < -0.4 is 10.6 Å². The van der Waals surface area contributed by atoms with E-state index in [4.69, 9.17) is 0 Å². The number of rotatable bonds is 2. The molecule has 2 atom stereocenters. The fourth-order valence-electron chi connectivity index (χ4n) is 1.60. The lowest BCUT2D eigenvalue weighted by atomic mass is 9.94. The molecule has 1 aliphatic heterocycles. The van der Waals surface area contributed by atoms with Gasteiger partial charge in [-0.05, 0) is 32.2 Å². The first-order chi connectivity index (χ1) is 5.74. The van der Waals surface area contributed by atoms with E-state index >= 15 is 0 Å². The van der Waals surface area contributed by atoms with Crippen LogP contribution in [0.5, 0.6) is 0 Å². The summed E-state index contributed by atoms with van der Waals surface area (Å²) < 4.78 is 0. The van der Waals surface area contributed by atoms with Crippen LogP contribution in [0.15, 0.2) is 0 Å². The van der Waals surface area contributed by atoms with Crippen LogP contribution in [0.2, 0.25) is 0 Å². The van der Waals surface area contributed by atoms with Crippen molar-refractivity contribution in [2.24, 2.45) is 5.92 Å². The first-order valence-corrected chi connectivity index (χ1v) is 4.75. The Morgan fingerprint density at radius 2 is 2.42 bits per heavy atom. The lowest BCUT2D eigenvalue weighted by Gasteiger charge is -2.26. The van der Waals surface area contributed by atoms with Crippen molar-refractivity contribution in [3.8, 4) is 0 Å². The zero-order valence-electron chi connectivity index (χ0n) is 7.89. The summed E-state index contributed by atoms with van der Waals surface area (Å²) >= 11 is 0. The Labute approximate surface area is 73.9 Å². The maximum atomic E-state index is 11.4. The van der Waals surface area contributed by atoms with Gasteiger partial charge in [0.25, 0.3) is 0 Å². The SMILES string of the molecule is CCNC(=O)C1CC(C)CCN1. The van der Waals surface area contributed by atoms with E-state index in [1.807, 2.05) is 6.92 Å². The average Bonchev–Trinajstić information content (AvgIpc) is 2.05. The highest BCUT2D eigenvalue weighted by Gasteiger charge is 2.23. The Morgan fingerprint density at radius 3 is 3.00 bits per heavy atom. The minimum Gasteiger partial charge on any atom is -0.355 e. The molecule has 1 aliphatic rings. The largest absolute Gasteiger partial charge is 0.355 e. The van der Waals surface area contributed by atoms with Crippen molar-refractivity contribution >= 4 is 5.91 Å². The van der Waals surface area contributed by atoms with Crippen molar-refractivity contribution in [1.82, 2.24) is 10.6 Å². The Bertz CT molecular complexity index is 159. The van der Waals surface area contributed by atoms with Gasteiger partial charge in [-0.2, -0.15) is 0 Å². The van der Waals surface area contributed by atoms with Crippen LogP contribution in [0, 0.1) is 5.92 Å². The van der Waals surface area contributed by atoms with Gasteiger partial charge in [0, 0.05) is 6.54 Å². The molecule has 1 rings (SSSR count). The van der Waals surface area contributed by atoms with E-state index in [1.165, 1.54) is 6.42 Å². The van der Waals surface area contributed by atoms with E-state index in [2.05, 4.69) is 17.6 Å². The van der Waals surface area contributed by atoms with Crippen LogP contribution in [0.3, 0.4) is 0 Å². The summed E-state index contributed by atoms with van der Waals surface area (Å²) in [7, 11) is 0. The number of hydrogen-bond donors (Lipinski definition) is 2. The molecule has 3 heteroatoms. The number of likely N-dealkylation sites (N-methyl/N-ethyl adjacent to an activating group) is 1. The molecule has 1 fully saturated rings. The van der Waals surface area contributed by atoms with Gasteiger partial charge in [0.2, 0.25) is 5.91 Å². The van der Waals surface area contributed by atoms with Gasteiger partial charge in [-0.1, -0.05) is 6.92 Å². The minimum absolute atomic E-state index is 0.0497. The third kappa shape index (κ3) is 2.48. The second-order valence-corrected chi connectivity index (χ2v) is 3.53. The summed E-state index contributed by atoms with van der Waals surface area (Å²) in [4.78, 5) is 11.4. The zero-order valence-corrected chi connectivity index (χ0v) is 7.89. The molecular formula is C9H18N2O. The van der Waals surface area contributed by atoms with Crippen LogP contribution in [0.25, 0.3) is 0 Å². The molecule has 0 aromatic heterocycles. The van der Waals surface area contributed by atoms with E-state index in [9.17, 15) is 4.79 Å². The van der Waals surface area contributed by atoms with Crippen molar-refractivity contribution in [2.45, 2.75) is 32.7 Å². The first kappa shape index (κ1) is 9.52. The number of carbonyl (C=O) groups is 1. The van der Waals surface area contributed by atoms with Crippen LogP contribution >= 0.6 is 0 Å². The topological polar surface area (TPSA) is 41.1 Å². The fourth-order valence-corrected chi connectivity index (χ4v) is 1.60. The van der Waals surface area contributed by atoms with E-state index in [0.29, 0.717) is 5.92 Å². The van der Waals surface area contributed by atoms with Crippen LogP contribution in [-0.4, -0.2) is 25.0 Å². The van der Waals surface area contributed by atoms with Gasteiger partial charge in [0.1, 0.15) is 0 Å². The van der Waals surface area contributed by atoms with Crippen molar-refractivity contribution in [1.29, 1.82) is 0 Å². The molecule has 3 nitrogen and oxygen atoms in total. The molecule has 0 saturated carbocycles. The first-order valence-electron chi connectivity index (χ1n) is 4.75. The minimum atomic E-state index is 0.0497. The molecule has 12 heavy (non-hydrogen) atoms. The molecule has 70 valence electrons. The summed E-state index contributed by atoms with van der Waals surface area (Å²) in [5, 5.41) is 6.06. The molecular weight excluding hydrogens is 152 g/mol. The van der Waals surface area contributed by atoms with Crippen LogP contribution in [0.1, 0.15) is 26.7 Å². The molecule has 0 aromatic carbocycles. The monoisotopic (exact) mass is 170 g/mol. The van der Waals surface area contributed by atoms with E-state index < -0.39 is 0 Å². The van der Waals surface area contributed by atoms with Crippen molar-refractivity contribution < 1.29 is 4.79 Å². The van der Waals surface area contributed by atoms with Gasteiger partial charge in [-0.25, -0.2) is 0 Å². The van der Waals surface area contributed by atoms with E-state index in [-0.39, 0.29) is 11.9 Å². The molecule has 1 heterocycles. The molecule has 0 bridgehead atoms. The maximum absolute atomic E-state index is 11.4. The predicted molar refractivity (Wildman–Crippen MR) is 48.9 cm³/mol. The standard InChI is InChI=1S/C9H18N2O/c1-3-10-9(12)8-6-7(2)4-5-11-8/h7-8,11H,3-6H2,1-2H3,(H,10,12). The Morgan fingerprint density at radius 1 is 1.67 bits per heavy atom. The lowest BCUT2D eigenvalue weighted by Crippen LogP contribution is -2.48. The molecule has 1 amide bonds. The highest BCUT2D eigenvalue weighted by molar-refractivity contribution is 5.81. The molecule has 2 N–H and O–H groups in total. The summed E-state index contributed by atoms with van der Waals surface area (Å²) in [5.41, 5.74) is 0. The number of amides is 1. The molecule has 0 radical (unpaired) electrons. The summed E-state index contributed by atoms with van der Waals surface area (Å²) in [6.07, 6.45) is 2.17. The highest BCUT2D eigenvalue weighted by Crippen LogP contribution is 2.14. The highest BCUT2D eigenvalue weighted by atomic mass is 16.2. The summed E-state index contributed by atoms with van der Waals surface area (Å²) in [6.45, 7) is 5.85. The Balaban J connectivity index is 2.35. The van der Waals surface area contributed by atoms with Crippen molar-refractivity contribution in [3.63, 3.8) is 0 Å². The number of carbonyl (C=O) groups excluding carboxylic acids is 1. The second kappa shape index (κ2) is 4.45. The molecule has 0 spiro atoms. The van der Waals surface area contributed by atoms with Crippen molar-refractivity contribution in [2.75, 3.05) is 13.1 Å². The molecule has 0 aromatic rings. The normalized spacial score (nSPS) is 29.8. The van der Waals surface area contributed by atoms with E-state index in [1.54, 1.807) is 0 Å². The molecule has 0 aliphatic carbocycles. The van der Waals surface area contributed by atoms with Gasteiger partial charge >= 0.3 is 0 Å². The number of nitrogens with one attached hydrogen (secondary N) is 2. The van der Waals surface area contributed by atoms with E-state index in [0.717, 1.165) is 19.5 Å². The van der Waals surface area contributed by atoms with Crippen molar-refractivity contribution in [3.05, 3.63) is 0 Å². The van der Waals surface area contributed by atoms with Gasteiger partial charge in [-0.15, -0.1) is 0 Å². The summed E-state index contributed by atoms with van der Waals surface area (Å²) in [6, 6.07) is 0.0497. The van der Waals surface area contributed by atoms with Gasteiger partial charge in [-0.3, -0.25) is 4.79 Å².